The minimum atomic E-state index is -0.811. The Morgan fingerprint density at radius 3 is 2.56 bits per heavy atom. The van der Waals surface area contributed by atoms with Crippen molar-refractivity contribution in [1.29, 1.82) is 0 Å². The predicted octanol–water partition coefficient (Wildman–Crippen LogP) is 3.63. The molecule has 1 aromatic heterocycles. The maximum atomic E-state index is 12.8. The lowest BCUT2D eigenvalue weighted by Crippen LogP contribution is -2.45. The Morgan fingerprint density at radius 1 is 1.28 bits per heavy atom. The van der Waals surface area contributed by atoms with E-state index >= 15 is 0 Å². The Labute approximate surface area is 147 Å². The molecule has 0 spiro atoms. The van der Waals surface area contributed by atoms with Crippen molar-refractivity contribution in [2.24, 2.45) is 0 Å². The number of aryl methyl sites for hydroxylation is 2. The normalized spacial score (nSPS) is 16.0. The summed E-state index contributed by atoms with van der Waals surface area (Å²) in [5.74, 6) is 0.680. The van der Waals surface area contributed by atoms with E-state index in [0.717, 1.165) is 36.9 Å². The number of nitrogens with zero attached hydrogens (tertiary/aromatic N) is 2. The molecule has 0 unspecified atom stereocenters. The van der Waals surface area contributed by atoms with Gasteiger partial charge in [0.25, 0.3) is 0 Å². The van der Waals surface area contributed by atoms with Gasteiger partial charge in [0.1, 0.15) is 5.76 Å². The summed E-state index contributed by atoms with van der Waals surface area (Å²) in [5.41, 5.74) is 0.951. The number of rotatable bonds is 5. The molecule has 2 aromatic rings. The molecule has 1 heterocycles. The lowest BCUT2D eigenvalue weighted by Gasteiger charge is -2.31. The Hall–Kier alpha value is -2.34. The fraction of sp³-hybridized carbons (Fsp3) is 0.474. The molecular formula is C19H25N3O3. The number of benzene rings is 1. The largest absolute Gasteiger partial charge is 0.428 e. The molecule has 6 heteroatoms. The minimum Gasteiger partial charge on any atom is -0.428 e. The van der Waals surface area contributed by atoms with E-state index < -0.39 is 5.60 Å². The van der Waals surface area contributed by atoms with Crippen molar-refractivity contribution in [2.45, 2.75) is 51.7 Å². The van der Waals surface area contributed by atoms with Gasteiger partial charge < -0.3 is 14.4 Å². The van der Waals surface area contributed by atoms with Crippen LogP contribution in [0.4, 0.5) is 10.8 Å². The van der Waals surface area contributed by atoms with Crippen LogP contribution in [0, 0.1) is 13.8 Å². The lowest BCUT2D eigenvalue weighted by molar-refractivity contribution is 0.0192. The van der Waals surface area contributed by atoms with Crippen molar-refractivity contribution >= 4 is 12.0 Å². The SMILES string of the molecule is Cc1nc(NC(=O)N(Cc2ccccc2)CC2(O)CCCC2)oc1C. The Balaban J connectivity index is 1.75. The summed E-state index contributed by atoms with van der Waals surface area (Å²) in [4.78, 5) is 18.6. The van der Waals surface area contributed by atoms with Crippen molar-refractivity contribution in [1.82, 2.24) is 9.88 Å². The highest BCUT2D eigenvalue weighted by molar-refractivity contribution is 5.87. The maximum Gasteiger partial charge on any atom is 0.325 e. The van der Waals surface area contributed by atoms with Gasteiger partial charge in [-0.1, -0.05) is 43.2 Å². The number of nitrogens with one attached hydrogen (secondary N) is 1. The summed E-state index contributed by atoms with van der Waals surface area (Å²) in [5, 5.41) is 13.5. The average molecular weight is 343 g/mol. The van der Waals surface area contributed by atoms with E-state index in [2.05, 4.69) is 10.3 Å². The van der Waals surface area contributed by atoms with Crippen LogP contribution in [0.3, 0.4) is 0 Å². The first-order chi connectivity index (χ1) is 12.0. The molecule has 2 N–H and O–H groups in total. The quantitative estimate of drug-likeness (QED) is 0.869. The van der Waals surface area contributed by atoms with Crippen LogP contribution in [0.1, 0.15) is 42.7 Å². The molecule has 1 aliphatic carbocycles. The molecule has 25 heavy (non-hydrogen) atoms. The van der Waals surface area contributed by atoms with Crippen LogP contribution in [0.2, 0.25) is 0 Å². The van der Waals surface area contributed by atoms with Crippen LogP contribution in [0.15, 0.2) is 34.7 Å². The van der Waals surface area contributed by atoms with E-state index in [4.69, 9.17) is 4.42 Å². The number of amides is 2. The van der Waals surface area contributed by atoms with Crippen LogP contribution in [-0.4, -0.2) is 33.2 Å². The van der Waals surface area contributed by atoms with Crippen molar-refractivity contribution < 1.29 is 14.3 Å². The number of urea groups is 1. The molecule has 2 amide bonds. The van der Waals surface area contributed by atoms with Gasteiger partial charge in [-0.2, -0.15) is 4.98 Å². The van der Waals surface area contributed by atoms with Gasteiger partial charge in [0, 0.05) is 6.54 Å². The fourth-order valence-corrected chi connectivity index (χ4v) is 3.25. The molecule has 0 saturated heterocycles. The van der Waals surface area contributed by atoms with Crippen molar-refractivity contribution in [3.63, 3.8) is 0 Å². The highest BCUT2D eigenvalue weighted by Gasteiger charge is 2.35. The van der Waals surface area contributed by atoms with Crippen LogP contribution in [-0.2, 0) is 6.54 Å². The van der Waals surface area contributed by atoms with E-state index in [1.165, 1.54) is 0 Å². The molecule has 0 aliphatic heterocycles. The van der Waals surface area contributed by atoms with Crippen LogP contribution < -0.4 is 5.32 Å². The summed E-state index contributed by atoms with van der Waals surface area (Å²) < 4.78 is 5.45. The molecular weight excluding hydrogens is 318 g/mol. The van der Waals surface area contributed by atoms with E-state index in [1.807, 2.05) is 37.3 Å². The van der Waals surface area contributed by atoms with Gasteiger partial charge in [-0.05, 0) is 32.3 Å². The standard InChI is InChI=1S/C19H25N3O3/c1-14-15(2)25-17(20-14)21-18(23)22(12-16-8-4-3-5-9-16)13-19(24)10-6-7-11-19/h3-5,8-9,24H,6-7,10-13H2,1-2H3,(H,20,21,23). The zero-order valence-corrected chi connectivity index (χ0v) is 14.8. The second-order valence-electron chi connectivity index (χ2n) is 6.86. The molecule has 1 fully saturated rings. The van der Waals surface area contributed by atoms with E-state index in [-0.39, 0.29) is 12.0 Å². The summed E-state index contributed by atoms with van der Waals surface area (Å²) in [6, 6.07) is 9.64. The number of anilines is 1. The number of hydrogen-bond donors (Lipinski definition) is 2. The second-order valence-corrected chi connectivity index (χ2v) is 6.86. The molecule has 6 nitrogen and oxygen atoms in total. The first-order valence-electron chi connectivity index (χ1n) is 8.71. The molecule has 0 radical (unpaired) electrons. The lowest BCUT2D eigenvalue weighted by atomic mass is 10.0. The fourth-order valence-electron chi connectivity index (χ4n) is 3.25. The number of aromatic nitrogens is 1. The topological polar surface area (TPSA) is 78.6 Å². The average Bonchev–Trinajstić information content (AvgIpc) is 3.14. The Kier molecular flexibility index (Phi) is 5.08. The molecule has 1 aliphatic rings. The molecule has 3 rings (SSSR count). The van der Waals surface area contributed by atoms with Crippen molar-refractivity contribution in [3.05, 3.63) is 47.3 Å². The van der Waals surface area contributed by atoms with Gasteiger partial charge in [0.05, 0.1) is 17.8 Å². The van der Waals surface area contributed by atoms with Crippen LogP contribution >= 0.6 is 0 Å². The van der Waals surface area contributed by atoms with Gasteiger partial charge in [-0.15, -0.1) is 0 Å². The van der Waals surface area contributed by atoms with Crippen molar-refractivity contribution in [3.8, 4) is 0 Å². The number of carbonyl (C=O) groups is 1. The van der Waals surface area contributed by atoms with E-state index in [0.29, 0.717) is 18.8 Å². The van der Waals surface area contributed by atoms with Crippen LogP contribution in [0.5, 0.6) is 0 Å². The van der Waals surface area contributed by atoms with Gasteiger partial charge in [0.15, 0.2) is 0 Å². The monoisotopic (exact) mass is 343 g/mol. The van der Waals surface area contributed by atoms with Crippen LogP contribution in [0.25, 0.3) is 0 Å². The van der Waals surface area contributed by atoms with Crippen molar-refractivity contribution in [2.75, 3.05) is 11.9 Å². The van der Waals surface area contributed by atoms with Gasteiger partial charge in [0.2, 0.25) is 0 Å². The Bertz CT molecular complexity index is 701. The summed E-state index contributed by atoms with van der Waals surface area (Å²) in [6.45, 7) is 4.36. The van der Waals surface area contributed by atoms with Gasteiger partial charge in [-0.25, -0.2) is 4.79 Å². The second kappa shape index (κ2) is 7.27. The third kappa shape index (κ3) is 4.39. The van der Waals surface area contributed by atoms with E-state index in [1.54, 1.807) is 11.8 Å². The van der Waals surface area contributed by atoms with E-state index in [9.17, 15) is 9.90 Å². The smallest absolute Gasteiger partial charge is 0.325 e. The third-order valence-electron chi connectivity index (χ3n) is 4.77. The number of oxazole rings is 1. The number of aliphatic hydroxyl groups is 1. The predicted molar refractivity (Wildman–Crippen MR) is 95.3 cm³/mol. The summed E-state index contributed by atoms with van der Waals surface area (Å²) in [7, 11) is 0. The summed E-state index contributed by atoms with van der Waals surface area (Å²) >= 11 is 0. The first-order valence-corrected chi connectivity index (χ1v) is 8.71. The van der Waals surface area contributed by atoms with Gasteiger partial charge >= 0.3 is 12.0 Å². The highest BCUT2D eigenvalue weighted by atomic mass is 16.4. The zero-order valence-electron chi connectivity index (χ0n) is 14.8. The van der Waals surface area contributed by atoms with Gasteiger partial charge in [-0.3, -0.25) is 5.32 Å². The minimum absolute atomic E-state index is 0.191. The number of carbonyl (C=O) groups excluding carboxylic acids is 1. The zero-order chi connectivity index (χ0) is 17.9. The highest BCUT2D eigenvalue weighted by Crippen LogP contribution is 2.30. The molecule has 134 valence electrons. The third-order valence-corrected chi connectivity index (χ3v) is 4.77. The molecule has 0 atom stereocenters. The maximum absolute atomic E-state index is 12.8. The molecule has 0 bridgehead atoms. The summed E-state index contributed by atoms with van der Waals surface area (Å²) in [6.07, 6.45) is 3.44. The number of hydrogen-bond acceptors (Lipinski definition) is 4. The molecule has 1 aromatic carbocycles. The Morgan fingerprint density at radius 2 is 1.96 bits per heavy atom. The first kappa shape index (κ1) is 17.5. The molecule has 1 saturated carbocycles.